The minimum Gasteiger partial charge on any atom is -0.351 e. The SMILES string of the molecule is CNCc1cn(S(=O)(=O)c2cccnc2)c2cc(Nc3c(F)cc(F)cc3F)ccc12. The molecule has 2 N–H and O–H groups in total. The van der Waals surface area contributed by atoms with Crippen molar-refractivity contribution in [2.45, 2.75) is 11.4 Å². The van der Waals surface area contributed by atoms with Crippen LogP contribution in [0.2, 0.25) is 0 Å². The van der Waals surface area contributed by atoms with Gasteiger partial charge in [-0.25, -0.2) is 25.6 Å². The second kappa shape index (κ2) is 8.05. The molecule has 0 aliphatic heterocycles. The van der Waals surface area contributed by atoms with E-state index in [-0.39, 0.29) is 10.6 Å². The summed E-state index contributed by atoms with van der Waals surface area (Å²) in [6.45, 7) is 0.403. The second-order valence-electron chi connectivity index (χ2n) is 6.78. The maximum absolute atomic E-state index is 14.0. The van der Waals surface area contributed by atoms with Crippen LogP contribution in [-0.4, -0.2) is 24.4 Å². The number of halogens is 3. The van der Waals surface area contributed by atoms with Gasteiger partial charge < -0.3 is 10.6 Å². The number of rotatable bonds is 6. The van der Waals surface area contributed by atoms with E-state index >= 15 is 0 Å². The summed E-state index contributed by atoms with van der Waals surface area (Å²) in [4.78, 5) is 3.87. The van der Waals surface area contributed by atoms with Crippen molar-refractivity contribution in [3.63, 3.8) is 0 Å². The lowest BCUT2D eigenvalue weighted by Crippen LogP contribution is -2.12. The van der Waals surface area contributed by atoms with Gasteiger partial charge in [-0.3, -0.25) is 4.98 Å². The van der Waals surface area contributed by atoms with E-state index in [0.29, 0.717) is 29.6 Å². The lowest BCUT2D eigenvalue weighted by Gasteiger charge is -2.11. The molecule has 0 saturated carbocycles. The molecule has 10 heteroatoms. The van der Waals surface area contributed by atoms with Crippen molar-refractivity contribution in [2.75, 3.05) is 12.4 Å². The monoisotopic (exact) mass is 446 g/mol. The van der Waals surface area contributed by atoms with E-state index < -0.39 is 33.2 Å². The largest absolute Gasteiger partial charge is 0.351 e. The third kappa shape index (κ3) is 3.87. The summed E-state index contributed by atoms with van der Waals surface area (Å²) in [6, 6.07) is 8.74. The number of anilines is 2. The molecule has 0 atom stereocenters. The molecular weight excluding hydrogens is 429 g/mol. The molecule has 4 rings (SSSR count). The van der Waals surface area contributed by atoms with Crippen LogP contribution in [0.25, 0.3) is 10.9 Å². The summed E-state index contributed by atoms with van der Waals surface area (Å²) < 4.78 is 68.8. The maximum atomic E-state index is 14.0. The molecule has 0 aliphatic carbocycles. The van der Waals surface area contributed by atoms with E-state index in [2.05, 4.69) is 15.6 Å². The summed E-state index contributed by atoms with van der Waals surface area (Å²) in [6.07, 6.45) is 4.20. The molecule has 0 saturated heterocycles. The molecule has 4 aromatic rings. The Kier molecular flexibility index (Phi) is 5.42. The number of nitrogens with one attached hydrogen (secondary N) is 2. The smallest absolute Gasteiger partial charge is 0.269 e. The van der Waals surface area contributed by atoms with Gasteiger partial charge >= 0.3 is 0 Å². The summed E-state index contributed by atoms with van der Waals surface area (Å²) >= 11 is 0. The van der Waals surface area contributed by atoms with Gasteiger partial charge in [0.25, 0.3) is 10.0 Å². The van der Waals surface area contributed by atoms with Gasteiger partial charge in [0.1, 0.15) is 16.4 Å². The fourth-order valence-corrected chi connectivity index (χ4v) is 4.64. The van der Waals surface area contributed by atoms with Gasteiger partial charge in [0, 0.05) is 48.3 Å². The third-order valence-electron chi connectivity index (χ3n) is 4.69. The summed E-state index contributed by atoms with van der Waals surface area (Å²) in [5.41, 5.74) is 0.718. The average molecular weight is 446 g/mol. The van der Waals surface area contributed by atoms with Crippen LogP contribution in [0.4, 0.5) is 24.5 Å². The molecule has 0 fully saturated rings. The predicted octanol–water partition coefficient (Wildman–Crippen LogP) is 4.15. The molecule has 0 amide bonds. The lowest BCUT2D eigenvalue weighted by atomic mass is 10.1. The normalized spacial score (nSPS) is 11.7. The number of pyridine rings is 1. The number of benzene rings is 2. The Morgan fingerprint density at radius 1 is 1.06 bits per heavy atom. The number of aromatic nitrogens is 2. The Hall–Kier alpha value is -3.37. The van der Waals surface area contributed by atoms with Crippen molar-refractivity contribution >= 4 is 32.3 Å². The highest BCUT2D eigenvalue weighted by atomic mass is 32.2. The van der Waals surface area contributed by atoms with Crippen molar-refractivity contribution < 1.29 is 21.6 Å². The fourth-order valence-electron chi connectivity index (χ4n) is 3.29. The average Bonchev–Trinajstić information content (AvgIpc) is 3.10. The van der Waals surface area contributed by atoms with Crippen molar-refractivity contribution in [1.29, 1.82) is 0 Å². The zero-order valence-corrected chi connectivity index (χ0v) is 17.1. The van der Waals surface area contributed by atoms with Crippen LogP contribution in [0.1, 0.15) is 5.56 Å². The Morgan fingerprint density at radius 3 is 2.45 bits per heavy atom. The first-order chi connectivity index (χ1) is 14.8. The van der Waals surface area contributed by atoms with Crippen LogP contribution < -0.4 is 10.6 Å². The third-order valence-corrected chi connectivity index (χ3v) is 6.35. The van der Waals surface area contributed by atoms with E-state index in [1.54, 1.807) is 19.2 Å². The van der Waals surface area contributed by atoms with Crippen LogP contribution in [-0.2, 0) is 16.6 Å². The Labute approximate surface area is 176 Å². The molecule has 0 spiro atoms. The standard InChI is InChI=1S/C21H17F3N4O2S/c1-25-10-13-12-28(31(29,30)16-3-2-6-26-11-16)20-9-15(4-5-17(13)20)27-21-18(23)7-14(22)8-19(21)24/h2-9,11-12,25,27H,10H2,1H3. The number of fused-ring (bicyclic) bond motifs is 1. The number of hydrogen-bond acceptors (Lipinski definition) is 5. The van der Waals surface area contributed by atoms with E-state index in [4.69, 9.17) is 0 Å². The highest BCUT2D eigenvalue weighted by Crippen LogP contribution is 2.31. The highest BCUT2D eigenvalue weighted by Gasteiger charge is 2.22. The van der Waals surface area contributed by atoms with Crippen LogP contribution in [0.15, 0.2) is 66.0 Å². The van der Waals surface area contributed by atoms with Gasteiger partial charge in [-0.15, -0.1) is 0 Å². The predicted molar refractivity (Wildman–Crippen MR) is 111 cm³/mol. The molecule has 6 nitrogen and oxygen atoms in total. The van der Waals surface area contributed by atoms with Crippen LogP contribution >= 0.6 is 0 Å². The van der Waals surface area contributed by atoms with E-state index in [9.17, 15) is 21.6 Å². The van der Waals surface area contributed by atoms with E-state index in [0.717, 1.165) is 9.54 Å². The van der Waals surface area contributed by atoms with Crippen molar-refractivity contribution in [3.8, 4) is 0 Å². The van der Waals surface area contributed by atoms with Gasteiger partial charge in [0.05, 0.1) is 5.52 Å². The zero-order valence-electron chi connectivity index (χ0n) is 16.2. The van der Waals surface area contributed by atoms with E-state index in [1.807, 2.05) is 0 Å². The molecule has 31 heavy (non-hydrogen) atoms. The number of nitrogens with zero attached hydrogens (tertiary/aromatic N) is 2. The molecule has 160 valence electrons. The summed E-state index contributed by atoms with van der Waals surface area (Å²) in [5, 5.41) is 6.20. The molecule has 2 aromatic carbocycles. The topological polar surface area (TPSA) is 76.0 Å². The quantitative estimate of drug-likeness (QED) is 0.465. The summed E-state index contributed by atoms with van der Waals surface area (Å²) in [5.74, 6) is -3.25. The Bertz CT molecular complexity index is 1350. The van der Waals surface area contributed by atoms with Gasteiger partial charge in [-0.2, -0.15) is 0 Å². The van der Waals surface area contributed by atoms with Crippen LogP contribution in [0.3, 0.4) is 0 Å². The Balaban J connectivity index is 1.86. The lowest BCUT2D eigenvalue weighted by molar-refractivity contribution is 0.549. The van der Waals surface area contributed by atoms with Crippen LogP contribution in [0, 0.1) is 17.5 Å². The first-order valence-corrected chi connectivity index (χ1v) is 10.6. The molecule has 0 unspecified atom stereocenters. The Morgan fingerprint density at radius 2 is 1.81 bits per heavy atom. The molecule has 0 radical (unpaired) electrons. The van der Waals surface area contributed by atoms with Gasteiger partial charge in [-0.1, -0.05) is 6.07 Å². The highest BCUT2D eigenvalue weighted by molar-refractivity contribution is 7.90. The zero-order chi connectivity index (χ0) is 22.2. The first-order valence-electron chi connectivity index (χ1n) is 9.17. The first kappa shape index (κ1) is 20.9. The van der Waals surface area contributed by atoms with Gasteiger partial charge in [0.15, 0.2) is 11.6 Å². The molecule has 2 aromatic heterocycles. The summed E-state index contributed by atoms with van der Waals surface area (Å²) in [7, 11) is -2.24. The minimum atomic E-state index is -3.97. The van der Waals surface area contributed by atoms with E-state index in [1.165, 1.54) is 36.8 Å². The van der Waals surface area contributed by atoms with Gasteiger partial charge in [0.2, 0.25) is 0 Å². The maximum Gasteiger partial charge on any atom is 0.269 e. The van der Waals surface area contributed by atoms with Crippen LogP contribution in [0.5, 0.6) is 0 Å². The molecular formula is C21H17F3N4O2S. The minimum absolute atomic E-state index is 0.00288. The van der Waals surface area contributed by atoms with Crippen molar-refractivity contribution in [1.82, 2.24) is 14.3 Å². The van der Waals surface area contributed by atoms with Crippen molar-refractivity contribution in [3.05, 3.63) is 84.1 Å². The van der Waals surface area contributed by atoms with Crippen molar-refractivity contribution in [2.24, 2.45) is 0 Å². The number of hydrogen-bond donors (Lipinski definition) is 2. The molecule has 2 heterocycles. The second-order valence-corrected chi connectivity index (χ2v) is 8.59. The van der Waals surface area contributed by atoms with Gasteiger partial charge in [-0.05, 0) is 36.9 Å². The fraction of sp³-hybridized carbons (Fsp3) is 0.0952. The molecule has 0 bridgehead atoms. The molecule has 0 aliphatic rings.